The van der Waals surface area contributed by atoms with E-state index in [0.717, 1.165) is 15.6 Å². The number of nitrogens with zero attached hydrogens (tertiary/aromatic N) is 1. The first-order valence-corrected chi connectivity index (χ1v) is 11.7. The van der Waals surface area contributed by atoms with E-state index in [9.17, 15) is 13.2 Å². The predicted molar refractivity (Wildman–Crippen MR) is 112 cm³/mol. The van der Waals surface area contributed by atoms with Gasteiger partial charge in [0.05, 0.1) is 23.8 Å². The summed E-state index contributed by atoms with van der Waals surface area (Å²) in [5.74, 6) is -0.602. The van der Waals surface area contributed by atoms with Gasteiger partial charge in [0.1, 0.15) is 11.5 Å². The Bertz CT molecular complexity index is 1150. The third kappa shape index (κ3) is 4.17. The first-order valence-electron chi connectivity index (χ1n) is 8.96. The molecule has 0 saturated carbocycles. The minimum atomic E-state index is -3.82. The van der Waals surface area contributed by atoms with Gasteiger partial charge in [0.25, 0.3) is 0 Å². The fourth-order valence-electron chi connectivity index (χ4n) is 3.13. The SMILES string of the molecule is O=C(OCc1csc2ccccc12)c1ccc(Cl)c(S(=O)(=O)N2CCOCC2)c1. The number of sulfonamides is 1. The first-order chi connectivity index (χ1) is 14.0. The molecule has 2 heterocycles. The number of hydrogen-bond acceptors (Lipinski definition) is 6. The van der Waals surface area contributed by atoms with Gasteiger partial charge in [-0.1, -0.05) is 29.8 Å². The van der Waals surface area contributed by atoms with E-state index >= 15 is 0 Å². The van der Waals surface area contributed by atoms with Crippen molar-refractivity contribution >= 4 is 49.0 Å². The maximum absolute atomic E-state index is 12.9. The van der Waals surface area contributed by atoms with Gasteiger partial charge in [-0.05, 0) is 35.0 Å². The van der Waals surface area contributed by atoms with Crippen molar-refractivity contribution in [3.05, 3.63) is 64.0 Å². The number of fused-ring (bicyclic) bond motifs is 1. The second-order valence-electron chi connectivity index (χ2n) is 6.49. The molecule has 1 fully saturated rings. The third-order valence-corrected chi connectivity index (χ3v) is 8.07. The molecule has 0 radical (unpaired) electrons. The molecular weight excluding hydrogens is 434 g/mol. The zero-order chi connectivity index (χ0) is 20.4. The molecule has 0 unspecified atom stereocenters. The van der Waals surface area contributed by atoms with E-state index in [4.69, 9.17) is 21.1 Å². The number of benzene rings is 2. The van der Waals surface area contributed by atoms with Crippen LogP contribution < -0.4 is 0 Å². The maximum Gasteiger partial charge on any atom is 0.338 e. The van der Waals surface area contributed by atoms with Gasteiger partial charge in [-0.3, -0.25) is 0 Å². The molecule has 0 spiro atoms. The van der Waals surface area contributed by atoms with Gasteiger partial charge >= 0.3 is 5.97 Å². The summed E-state index contributed by atoms with van der Waals surface area (Å²) in [6, 6.07) is 12.0. The smallest absolute Gasteiger partial charge is 0.338 e. The molecule has 6 nitrogen and oxygen atoms in total. The Hall–Kier alpha value is -1.97. The molecular formula is C20H18ClNO5S2. The number of halogens is 1. The van der Waals surface area contributed by atoms with Crippen molar-refractivity contribution in [2.75, 3.05) is 26.3 Å². The Morgan fingerprint density at radius 1 is 1.17 bits per heavy atom. The van der Waals surface area contributed by atoms with E-state index < -0.39 is 16.0 Å². The summed E-state index contributed by atoms with van der Waals surface area (Å²) >= 11 is 7.72. The molecule has 4 rings (SSSR count). The summed E-state index contributed by atoms with van der Waals surface area (Å²) < 4.78 is 38.9. The molecule has 152 valence electrons. The van der Waals surface area contributed by atoms with Crippen LogP contribution in [-0.4, -0.2) is 45.0 Å². The second-order valence-corrected chi connectivity index (χ2v) is 9.72. The summed E-state index contributed by atoms with van der Waals surface area (Å²) in [5.41, 5.74) is 1.05. The number of carbonyl (C=O) groups is 1. The summed E-state index contributed by atoms with van der Waals surface area (Å²) in [7, 11) is -3.82. The first kappa shape index (κ1) is 20.3. The van der Waals surface area contributed by atoms with Crippen LogP contribution in [0.5, 0.6) is 0 Å². The lowest BCUT2D eigenvalue weighted by Gasteiger charge is -2.26. The van der Waals surface area contributed by atoms with Crippen LogP contribution >= 0.6 is 22.9 Å². The minimum absolute atomic E-state index is 0.0665. The summed E-state index contributed by atoms with van der Waals surface area (Å²) in [5, 5.41) is 3.06. The molecule has 0 aliphatic carbocycles. The van der Waals surface area contributed by atoms with Crippen LogP contribution in [0, 0.1) is 0 Å². The van der Waals surface area contributed by atoms with Crippen molar-refractivity contribution in [2.24, 2.45) is 0 Å². The zero-order valence-corrected chi connectivity index (χ0v) is 17.7. The quantitative estimate of drug-likeness (QED) is 0.549. The molecule has 0 amide bonds. The van der Waals surface area contributed by atoms with E-state index in [-0.39, 0.29) is 35.2 Å². The normalized spacial score (nSPS) is 15.5. The third-order valence-electron chi connectivity index (χ3n) is 4.67. The molecule has 0 atom stereocenters. The summed E-state index contributed by atoms with van der Waals surface area (Å²) in [6.45, 7) is 1.26. The van der Waals surface area contributed by atoms with Crippen molar-refractivity contribution in [2.45, 2.75) is 11.5 Å². The van der Waals surface area contributed by atoms with E-state index in [1.807, 2.05) is 29.6 Å². The number of thiophene rings is 1. The fraction of sp³-hybridized carbons (Fsp3) is 0.250. The zero-order valence-electron chi connectivity index (χ0n) is 15.3. The minimum Gasteiger partial charge on any atom is -0.457 e. The van der Waals surface area contributed by atoms with E-state index in [0.29, 0.717) is 13.2 Å². The molecule has 29 heavy (non-hydrogen) atoms. The Morgan fingerprint density at radius 3 is 2.72 bits per heavy atom. The predicted octanol–water partition coefficient (Wildman–Crippen LogP) is 3.93. The average Bonchev–Trinajstić information content (AvgIpc) is 3.16. The number of morpholine rings is 1. The molecule has 0 N–H and O–H groups in total. The van der Waals surface area contributed by atoms with Crippen molar-refractivity contribution in [3.63, 3.8) is 0 Å². The molecule has 0 bridgehead atoms. The summed E-state index contributed by atoms with van der Waals surface area (Å²) in [4.78, 5) is 12.5. The van der Waals surface area contributed by atoms with Crippen LogP contribution in [0.1, 0.15) is 15.9 Å². The van der Waals surface area contributed by atoms with Crippen molar-refractivity contribution in [1.29, 1.82) is 0 Å². The van der Waals surface area contributed by atoms with Gasteiger partial charge in [0.2, 0.25) is 10.0 Å². The van der Waals surface area contributed by atoms with Gasteiger partial charge in [-0.2, -0.15) is 4.31 Å². The van der Waals surface area contributed by atoms with Crippen molar-refractivity contribution in [3.8, 4) is 0 Å². The lowest BCUT2D eigenvalue weighted by molar-refractivity contribution is 0.0474. The van der Waals surface area contributed by atoms with Crippen LogP contribution in [0.4, 0.5) is 0 Å². The molecule has 2 aromatic carbocycles. The average molecular weight is 452 g/mol. The number of esters is 1. The molecule has 1 aromatic heterocycles. The van der Waals surface area contributed by atoms with Crippen LogP contribution in [0.25, 0.3) is 10.1 Å². The van der Waals surface area contributed by atoms with Crippen LogP contribution in [-0.2, 0) is 26.1 Å². The Kier molecular flexibility index (Phi) is 5.89. The van der Waals surface area contributed by atoms with Crippen LogP contribution in [0.15, 0.2) is 52.7 Å². The van der Waals surface area contributed by atoms with E-state index in [1.54, 1.807) is 11.3 Å². The second kappa shape index (κ2) is 8.41. The Balaban J connectivity index is 1.54. The monoisotopic (exact) mass is 451 g/mol. The fourth-order valence-corrected chi connectivity index (χ4v) is 5.98. The van der Waals surface area contributed by atoms with Crippen molar-refractivity contribution in [1.82, 2.24) is 4.31 Å². The largest absolute Gasteiger partial charge is 0.457 e. The number of ether oxygens (including phenoxy) is 2. The van der Waals surface area contributed by atoms with E-state index in [2.05, 4.69) is 0 Å². The molecule has 9 heteroatoms. The molecule has 3 aromatic rings. The highest BCUT2D eigenvalue weighted by atomic mass is 35.5. The van der Waals surface area contributed by atoms with Crippen LogP contribution in [0.2, 0.25) is 5.02 Å². The van der Waals surface area contributed by atoms with Crippen LogP contribution in [0.3, 0.4) is 0 Å². The number of rotatable bonds is 5. The highest BCUT2D eigenvalue weighted by Crippen LogP contribution is 2.28. The van der Waals surface area contributed by atoms with Gasteiger partial charge in [-0.15, -0.1) is 11.3 Å². The standard InChI is InChI=1S/C20H18ClNO5S2/c21-17-6-5-14(11-19(17)29(24,25)22-7-9-26-10-8-22)20(23)27-12-15-13-28-18-4-2-1-3-16(15)18/h1-6,11,13H,7-10,12H2. The molecule has 1 saturated heterocycles. The number of carbonyl (C=O) groups excluding carboxylic acids is 1. The molecule has 1 aliphatic rings. The van der Waals surface area contributed by atoms with Gasteiger partial charge < -0.3 is 9.47 Å². The Morgan fingerprint density at radius 2 is 1.93 bits per heavy atom. The lowest BCUT2D eigenvalue weighted by Crippen LogP contribution is -2.40. The van der Waals surface area contributed by atoms with Gasteiger partial charge in [0, 0.05) is 23.4 Å². The van der Waals surface area contributed by atoms with E-state index in [1.165, 1.54) is 22.5 Å². The van der Waals surface area contributed by atoms with Crippen molar-refractivity contribution < 1.29 is 22.7 Å². The van der Waals surface area contributed by atoms with Gasteiger partial charge in [0.15, 0.2) is 0 Å². The molecule has 1 aliphatic heterocycles. The highest BCUT2D eigenvalue weighted by Gasteiger charge is 2.29. The Labute approximate surface area is 177 Å². The van der Waals surface area contributed by atoms with Gasteiger partial charge in [-0.25, -0.2) is 13.2 Å². The number of hydrogen-bond donors (Lipinski definition) is 0. The summed E-state index contributed by atoms with van der Waals surface area (Å²) in [6.07, 6.45) is 0. The highest BCUT2D eigenvalue weighted by molar-refractivity contribution is 7.89. The maximum atomic E-state index is 12.9. The topological polar surface area (TPSA) is 72.9 Å². The lowest BCUT2D eigenvalue weighted by atomic mass is 10.2.